The van der Waals surface area contributed by atoms with Gasteiger partial charge in [0.1, 0.15) is 0 Å². The lowest BCUT2D eigenvalue weighted by molar-refractivity contribution is -0.111. The van der Waals surface area contributed by atoms with Crippen molar-refractivity contribution < 1.29 is 27.4 Å². The molecular weight excluding hydrogens is 420 g/mol. The molecule has 2 aromatic carbocycles. The molecule has 0 saturated heterocycles. The zero-order valence-corrected chi connectivity index (χ0v) is 18.9. The molecule has 0 unspecified atom stereocenters. The van der Waals surface area contributed by atoms with E-state index in [-0.39, 0.29) is 10.8 Å². The van der Waals surface area contributed by atoms with Gasteiger partial charge in [-0.2, -0.15) is 0 Å². The summed E-state index contributed by atoms with van der Waals surface area (Å²) in [5.74, 6) is 1.05. The fourth-order valence-corrected chi connectivity index (χ4v) is 3.81. The molecule has 0 spiro atoms. The molecule has 2 N–H and O–H groups in total. The first-order chi connectivity index (χ1) is 14.8. The first-order valence-electron chi connectivity index (χ1n) is 9.73. The topological polar surface area (TPSA) is 103 Å². The van der Waals surface area contributed by atoms with E-state index in [9.17, 15) is 13.2 Å². The van der Waals surface area contributed by atoms with Gasteiger partial charge in [0.15, 0.2) is 11.5 Å². The van der Waals surface area contributed by atoms with Crippen molar-refractivity contribution >= 4 is 27.7 Å². The lowest BCUT2D eigenvalue weighted by Gasteiger charge is -2.12. The monoisotopic (exact) mass is 448 g/mol. The quantitative estimate of drug-likeness (QED) is 0.403. The molecule has 0 aliphatic carbocycles. The van der Waals surface area contributed by atoms with Gasteiger partial charge < -0.3 is 19.5 Å². The van der Waals surface area contributed by atoms with E-state index in [0.29, 0.717) is 35.0 Å². The summed E-state index contributed by atoms with van der Waals surface area (Å²) >= 11 is 0. The SMILES string of the molecule is CCCCNS(=O)(=O)c1ccc(NC(=O)C=Cc2cc(OC)c(OC)c(OC)c2)cc1. The first-order valence-corrected chi connectivity index (χ1v) is 11.2. The van der Waals surface area contributed by atoms with Crippen LogP contribution in [0.2, 0.25) is 0 Å². The number of carbonyl (C=O) groups excluding carboxylic acids is 1. The predicted octanol–water partition coefficient (Wildman–Crippen LogP) is 3.44. The smallest absolute Gasteiger partial charge is 0.248 e. The van der Waals surface area contributed by atoms with Crippen LogP contribution in [0.3, 0.4) is 0 Å². The van der Waals surface area contributed by atoms with Gasteiger partial charge in [0.2, 0.25) is 21.7 Å². The minimum absolute atomic E-state index is 0.148. The van der Waals surface area contributed by atoms with E-state index >= 15 is 0 Å². The minimum atomic E-state index is -3.55. The molecule has 0 radical (unpaired) electrons. The van der Waals surface area contributed by atoms with E-state index in [1.165, 1.54) is 39.5 Å². The fraction of sp³-hybridized carbons (Fsp3) is 0.318. The number of amides is 1. The lowest BCUT2D eigenvalue weighted by atomic mass is 10.1. The van der Waals surface area contributed by atoms with Crippen LogP contribution < -0.4 is 24.2 Å². The number of ether oxygens (including phenoxy) is 3. The van der Waals surface area contributed by atoms with Crippen molar-refractivity contribution in [1.82, 2.24) is 4.72 Å². The average molecular weight is 449 g/mol. The molecule has 0 aromatic heterocycles. The van der Waals surface area contributed by atoms with E-state index < -0.39 is 10.0 Å². The number of nitrogens with one attached hydrogen (secondary N) is 2. The van der Waals surface area contributed by atoms with Crippen molar-refractivity contribution in [2.45, 2.75) is 24.7 Å². The van der Waals surface area contributed by atoms with Crippen LogP contribution in [-0.4, -0.2) is 42.2 Å². The van der Waals surface area contributed by atoms with Gasteiger partial charge in [-0.1, -0.05) is 13.3 Å². The summed E-state index contributed by atoms with van der Waals surface area (Å²) in [6, 6.07) is 9.42. The summed E-state index contributed by atoms with van der Waals surface area (Å²) in [6.07, 6.45) is 4.64. The van der Waals surface area contributed by atoms with Gasteiger partial charge in [0.05, 0.1) is 26.2 Å². The number of rotatable bonds is 11. The molecular formula is C22H28N2O6S. The summed E-state index contributed by atoms with van der Waals surface area (Å²) in [5, 5.41) is 2.69. The largest absolute Gasteiger partial charge is 0.493 e. The van der Waals surface area contributed by atoms with Crippen molar-refractivity contribution in [1.29, 1.82) is 0 Å². The molecule has 9 heteroatoms. The van der Waals surface area contributed by atoms with Crippen LogP contribution in [0, 0.1) is 0 Å². The van der Waals surface area contributed by atoms with E-state index in [2.05, 4.69) is 10.0 Å². The van der Waals surface area contributed by atoms with Crippen LogP contribution in [0.25, 0.3) is 6.08 Å². The Labute approximate surface area is 183 Å². The first kappa shape index (κ1) is 24.2. The Morgan fingerprint density at radius 1 is 1.00 bits per heavy atom. The second-order valence-corrected chi connectivity index (χ2v) is 8.32. The van der Waals surface area contributed by atoms with Crippen molar-refractivity contribution in [2.24, 2.45) is 0 Å². The van der Waals surface area contributed by atoms with Gasteiger partial charge in [-0.05, 0) is 54.5 Å². The Balaban J connectivity index is 2.07. The molecule has 0 atom stereocenters. The summed E-state index contributed by atoms with van der Waals surface area (Å²) in [6.45, 7) is 2.38. The summed E-state index contributed by atoms with van der Waals surface area (Å²) in [7, 11) is 0.990. The maximum Gasteiger partial charge on any atom is 0.248 e. The molecule has 0 saturated carbocycles. The highest BCUT2D eigenvalue weighted by atomic mass is 32.2. The number of hydrogen-bond donors (Lipinski definition) is 2. The predicted molar refractivity (Wildman–Crippen MR) is 120 cm³/mol. The van der Waals surface area contributed by atoms with E-state index in [4.69, 9.17) is 14.2 Å². The van der Waals surface area contributed by atoms with E-state index in [0.717, 1.165) is 12.8 Å². The Morgan fingerprint density at radius 2 is 1.61 bits per heavy atom. The minimum Gasteiger partial charge on any atom is -0.493 e. The van der Waals surface area contributed by atoms with Gasteiger partial charge in [0.25, 0.3) is 0 Å². The summed E-state index contributed by atoms with van der Waals surface area (Å²) in [4.78, 5) is 12.4. The summed E-state index contributed by atoms with van der Waals surface area (Å²) < 4.78 is 42.8. The molecule has 0 fully saturated rings. The normalized spacial score (nSPS) is 11.4. The zero-order chi connectivity index (χ0) is 22.9. The van der Waals surface area contributed by atoms with Crippen LogP contribution in [0.5, 0.6) is 17.2 Å². The molecule has 0 bridgehead atoms. The highest BCUT2D eigenvalue weighted by Gasteiger charge is 2.14. The molecule has 31 heavy (non-hydrogen) atoms. The number of sulfonamides is 1. The van der Waals surface area contributed by atoms with Gasteiger partial charge in [-0.15, -0.1) is 0 Å². The van der Waals surface area contributed by atoms with Gasteiger partial charge in [-0.3, -0.25) is 4.79 Å². The Morgan fingerprint density at radius 3 is 2.13 bits per heavy atom. The van der Waals surface area contributed by atoms with Crippen molar-refractivity contribution in [3.05, 3.63) is 48.0 Å². The van der Waals surface area contributed by atoms with Crippen molar-refractivity contribution in [3.8, 4) is 17.2 Å². The molecule has 0 heterocycles. The third kappa shape index (κ3) is 6.73. The highest BCUT2D eigenvalue weighted by Crippen LogP contribution is 2.38. The number of unbranched alkanes of at least 4 members (excludes halogenated alkanes) is 1. The van der Waals surface area contributed by atoms with Crippen LogP contribution >= 0.6 is 0 Å². The molecule has 2 rings (SSSR count). The molecule has 168 valence electrons. The summed E-state index contributed by atoms with van der Waals surface area (Å²) in [5.41, 5.74) is 1.16. The second-order valence-electron chi connectivity index (χ2n) is 6.56. The van der Waals surface area contributed by atoms with Crippen LogP contribution in [-0.2, 0) is 14.8 Å². The van der Waals surface area contributed by atoms with Crippen LogP contribution in [0.1, 0.15) is 25.3 Å². The molecule has 2 aromatic rings. The average Bonchev–Trinajstić information content (AvgIpc) is 2.77. The van der Waals surface area contributed by atoms with Crippen molar-refractivity contribution in [2.75, 3.05) is 33.2 Å². The number of hydrogen-bond acceptors (Lipinski definition) is 6. The standard InChI is InChI=1S/C22H28N2O6S/c1-5-6-13-23-31(26,27)18-10-8-17(9-11-18)24-21(25)12-7-16-14-19(28-2)22(30-4)20(15-16)29-3/h7-12,14-15,23H,5-6,13H2,1-4H3,(H,24,25). The molecule has 1 amide bonds. The van der Waals surface area contributed by atoms with E-state index in [1.54, 1.807) is 30.3 Å². The highest BCUT2D eigenvalue weighted by molar-refractivity contribution is 7.89. The third-order valence-electron chi connectivity index (χ3n) is 4.37. The van der Waals surface area contributed by atoms with Crippen LogP contribution in [0.4, 0.5) is 5.69 Å². The number of benzene rings is 2. The van der Waals surface area contributed by atoms with Gasteiger partial charge >= 0.3 is 0 Å². The maximum atomic E-state index is 12.3. The molecule has 0 aliphatic heterocycles. The third-order valence-corrected chi connectivity index (χ3v) is 5.85. The van der Waals surface area contributed by atoms with Gasteiger partial charge in [0, 0.05) is 18.3 Å². The number of carbonyl (C=O) groups is 1. The second kappa shape index (κ2) is 11.4. The maximum absolute atomic E-state index is 12.3. The molecule has 8 nitrogen and oxygen atoms in total. The van der Waals surface area contributed by atoms with Gasteiger partial charge in [-0.25, -0.2) is 13.1 Å². The van der Waals surface area contributed by atoms with Crippen molar-refractivity contribution in [3.63, 3.8) is 0 Å². The van der Waals surface area contributed by atoms with Crippen LogP contribution in [0.15, 0.2) is 47.4 Å². The number of anilines is 1. The Bertz CT molecular complexity index is 992. The van der Waals surface area contributed by atoms with E-state index in [1.807, 2.05) is 6.92 Å². The molecule has 0 aliphatic rings. The zero-order valence-electron chi connectivity index (χ0n) is 18.1. The lowest BCUT2D eigenvalue weighted by Crippen LogP contribution is -2.24. The number of methoxy groups -OCH3 is 3. The Kier molecular flexibility index (Phi) is 8.89. The Hall–Kier alpha value is -3.04. The fourth-order valence-electron chi connectivity index (χ4n) is 2.74.